The molecule has 0 aromatic heterocycles. The van der Waals surface area contributed by atoms with Crippen molar-refractivity contribution >= 4 is 5.91 Å². The fraction of sp³-hybridized carbons (Fsp3) is 0.588. The van der Waals surface area contributed by atoms with Crippen LogP contribution in [0.2, 0.25) is 0 Å². The Hall–Kier alpha value is -1.59. The van der Waals surface area contributed by atoms with Crippen LogP contribution in [0.5, 0.6) is 5.75 Å². The summed E-state index contributed by atoms with van der Waals surface area (Å²) in [5.41, 5.74) is 1.35. The lowest BCUT2D eigenvalue weighted by molar-refractivity contribution is -1.02. The number of hydrogen-bond acceptors (Lipinski definition) is 2. The Bertz CT molecular complexity index is 453. The minimum atomic E-state index is 0.190. The quantitative estimate of drug-likeness (QED) is 0.574. The van der Waals surface area contributed by atoms with Crippen LogP contribution >= 0.6 is 0 Å². The predicted octanol–water partition coefficient (Wildman–Crippen LogP) is -1.50. The summed E-state index contributed by atoms with van der Waals surface area (Å²) in [5, 5.41) is 2.96. The molecule has 122 valence electrons. The maximum Gasteiger partial charge on any atom is 0.275 e. The average molecular weight is 307 g/mol. The molecule has 0 aliphatic carbocycles. The van der Waals surface area contributed by atoms with Gasteiger partial charge in [-0.25, -0.2) is 0 Å². The summed E-state index contributed by atoms with van der Waals surface area (Å²) in [6, 6.07) is 8.33. The van der Waals surface area contributed by atoms with E-state index < -0.39 is 0 Å². The third-order valence-corrected chi connectivity index (χ3v) is 4.26. The Kier molecular flexibility index (Phi) is 6.68. The highest BCUT2D eigenvalue weighted by atomic mass is 16.5. The molecule has 5 nitrogen and oxygen atoms in total. The monoisotopic (exact) mass is 307 g/mol. The molecule has 1 aliphatic heterocycles. The maximum atomic E-state index is 11.8. The molecule has 0 atom stereocenters. The van der Waals surface area contributed by atoms with Crippen molar-refractivity contribution in [2.75, 3.05) is 46.4 Å². The number of carbonyl (C=O) groups excluding carboxylic acids is 1. The minimum absolute atomic E-state index is 0.190. The largest absolute Gasteiger partial charge is 0.497 e. The van der Waals surface area contributed by atoms with Crippen molar-refractivity contribution in [1.29, 1.82) is 0 Å². The Balaban J connectivity index is 1.71. The van der Waals surface area contributed by atoms with E-state index >= 15 is 0 Å². The van der Waals surface area contributed by atoms with E-state index in [1.165, 1.54) is 10.5 Å². The number of piperazine rings is 1. The molecule has 1 aromatic carbocycles. The van der Waals surface area contributed by atoms with Crippen molar-refractivity contribution in [1.82, 2.24) is 5.32 Å². The van der Waals surface area contributed by atoms with Crippen molar-refractivity contribution in [2.45, 2.75) is 19.9 Å². The lowest BCUT2D eigenvalue weighted by atomic mass is 10.2. The van der Waals surface area contributed by atoms with E-state index in [4.69, 9.17) is 4.74 Å². The molecule has 0 radical (unpaired) electrons. The summed E-state index contributed by atoms with van der Waals surface area (Å²) in [6.45, 7) is 8.95. The van der Waals surface area contributed by atoms with Crippen LogP contribution in [0.4, 0.5) is 0 Å². The SMILES string of the molecule is CCCNC(=O)C[NH+]1CC[NH+](Cc2ccc(OC)cc2)CC1. The first-order chi connectivity index (χ1) is 10.7. The van der Waals surface area contributed by atoms with Crippen LogP contribution in [0.3, 0.4) is 0 Å². The van der Waals surface area contributed by atoms with Crippen LogP contribution < -0.4 is 19.9 Å². The fourth-order valence-corrected chi connectivity index (χ4v) is 2.90. The van der Waals surface area contributed by atoms with Gasteiger partial charge in [-0.05, 0) is 30.7 Å². The Labute approximate surface area is 133 Å². The average Bonchev–Trinajstić information content (AvgIpc) is 2.55. The van der Waals surface area contributed by atoms with Gasteiger partial charge in [0.2, 0.25) is 0 Å². The van der Waals surface area contributed by atoms with Gasteiger partial charge in [-0.2, -0.15) is 0 Å². The summed E-state index contributed by atoms with van der Waals surface area (Å²) < 4.78 is 5.19. The van der Waals surface area contributed by atoms with E-state index in [0.29, 0.717) is 6.54 Å². The molecule has 1 heterocycles. The van der Waals surface area contributed by atoms with Gasteiger partial charge >= 0.3 is 0 Å². The van der Waals surface area contributed by atoms with Gasteiger partial charge in [-0.15, -0.1) is 0 Å². The van der Waals surface area contributed by atoms with Gasteiger partial charge in [0.15, 0.2) is 6.54 Å². The standard InChI is InChI=1S/C17H27N3O2/c1-3-8-18-17(21)14-20-11-9-19(10-12-20)13-15-4-6-16(22-2)7-5-15/h4-7H,3,8-14H2,1-2H3,(H,18,21)/p+2. The molecule has 3 N–H and O–H groups in total. The zero-order valence-corrected chi connectivity index (χ0v) is 13.8. The third kappa shape index (κ3) is 5.31. The second-order valence-electron chi connectivity index (χ2n) is 6.05. The summed E-state index contributed by atoms with van der Waals surface area (Å²) >= 11 is 0. The Morgan fingerprint density at radius 3 is 2.36 bits per heavy atom. The second kappa shape index (κ2) is 8.76. The van der Waals surface area contributed by atoms with E-state index in [0.717, 1.165) is 51.4 Å². The molecule has 1 amide bonds. The Morgan fingerprint density at radius 2 is 1.77 bits per heavy atom. The summed E-state index contributed by atoms with van der Waals surface area (Å²) in [5.74, 6) is 1.10. The molecule has 5 heteroatoms. The van der Waals surface area contributed by atoms with Crippen LogP contribution in [-0.2, 0) is 11.3 Å². The van der Waals surface area contributed by atoms with E-state index in [-0.39, 0.29) is 5.91 Å². The first kappa shape index (κ1) is 16.8. The summed E-state index contributed by atoms with van der Waals surface area (Å²) in [4.78, 5) is 14.8. The smallest absolute Gasteiger partial charge is 0.275 e. The number of ether oxygens (including phenoxy) is 1. The lowest BCUT2D eigenvalue weighted by Crippen LogP contribution is -3.28. The highest BCUT2D eigenvalue weighted by Crippen LogP contribution is 2.10. The van der Waals surface area contributed by atoms with Crippen molar-refractivity contribution in [2.24, 2.45) is 0 Å². The van der Waals surface area contributed by atoms with E-state index in [2.05, 4.69) is 24.4 Å². The second-order valence-corrected chi connectivity index (χ2v) is 6.05. The minimum Gasteiger partial charge on any atom is -0.497 e. The molecule has 0 spiro atoms. The van der Waals surface area contributed by atoms with Gasteiger partial charge in [-0.1, -0.05) is 6.92 Å². The molecule has 2 rings (SSSR count). The number of benzene rings is 1. The first-order valence-electron chi connectivity index (χ1n) is 8.28. The zero-order chi connectivity index (χ0) is 15.8. The van der Waals surface area contributed by atoms with Crippen molar-refractivity contribution < 1.29 is 19.3 Å². The molecular formula is C17H29N3O2+2. The fourth-order valence-electron chi connectivity index (χ4n) is 2.90. The molecule has 1 fully saturated rings. The van der Waals surface area contributed by atoms with Crippen LogP contribution in [0.1, 0.15) is 18.9 Å². The van der Waals surface area contributed by atoms with Crippen LogP contribution in [0.15, 0.2) is 24.3 Å². The molecule has 1 saturated heterocycles. The van der Waals surface area contributed by atoms with E-state index in [1.807, 2.05) is 12.1 Å². The van der Waals surface area contributed by atoms with Crippen molar-refractivity contribution in [3.05, 3.63) is 29.8 Å². The van der Waals surface area contributed by atoms with Gasteiger partial charge in [0.25, 0.3) is 5.91 Å². The number of hydrogen-bond donors (Lipinski definition) is 3. The van der Waals surface area contributed by atoms with Gasteiger partial charge in [-0.3, -0.25) is 4.79 Å². The van der Waals surface area contributed by atoms with Gasteiger partial charge in [0.05, 0.1) is 7.11 Å². The van der Waals surface area contributed by atoms with Gasteiger partial charge in [0, 0.05) is 12.1 Å². The molecular weight excluding hydrogens is 278 g/mol. The zero-order valence-electron chi connectivity index (χ0n) is 13.8. The van der Waals surface area contributed by atoms with Crippen LogP contribution in [-0.4, -0.2) is 52.3 Å². The molecule has 0 bridgehead atoms. The number of amides is 1. The number of quaternary nitrogens is 2. The van der Waals surface area contributed by atoms with Gasteiger partial charge in [0.1, 0.15) is 38.5 Å². The highest BCUT2D eigenvalue weighted by Gasteiger charge is 2.24. The summed E-state index contributed by atoms with van der Waals surface area (Å²) in [7, 11) is 1.69. The lowest BCUT2D eigenvalue weighted by Gasteiger charge is -2.29. The normalized spacial score (nSPS) is 21.4. The van der Waals surface area contributed by atoms with Crippen LogP contribution in [0.25, 0.3) is 0 Å². The number of rotatable bonds is 7. The van der Waals surface area contributed by atoms with Crippen LogP contribution in [0, 0.1) is 0 Å². The predicted molar refractivity (Wildman–Crippen MR) is 86.3 cm³/mol. The van der Waals surface area contributed by atoms with Gasteiger partial charge < -0.3 is 19.9 Å². The molecule has 0 saturated carbocycles. The Morgan fingerprint density at radius 1 is 1.14 bits per heavy atom. The highest BCUT2D eigenvalue weighted by molar-refractivity contribution is 5.76. The first-order valence-corrected chi connectivity index (χ1v) is 8.28. The topological polar surface area (TPSA) is 47.2 Å². The van der Waals surface area contributed by atoms with Crippen molar-refractivity contribution in [3.63, 3.8) is 0 Å². The molecule has 1 aliphatic rings. The maximum absolute atomic E-state index is 11.8. The number of carbonyl (C=O) groups is 1. The number of methoxy groups -OCH3 is 1. The third-order valence-electron chi connectivity index (χ3n) is 4.26. The molecule has 1 aromatic rings. The van der Waals surface area contributed by atoms with E-state index in [9.17, 15) is 4.79 Å². The summed E-state index contributed by atoms with van der Waals surface area (Å²) in [6.07, 6.45) is 1.00. The molecule has 22 heavy (non-hydrogen) atoms. The number of nitrogens with one attached hydrogen (secondary N) is 3. The van der Waals surface area contributed by atoms with E-state index in [1.54, 1.807) is 12.0 Å². The van der Waals surface area contributed by atoms with Crippen molar-refractivity contribution in [3.8, 4) is 5.75 Å². The molecule has 0 unspecified atom stereocenters.